The van der Waals surface area contributed by atoms with Crippen molar-refractivity contribution in [3.8, 4) is 11.3 Å². The van der Waals surface area contributed by atoms with Crippen molar-refractivity contribution in [2.24, 2.45) is 0 Å². The highest BCUT2D eigenvalue weighted by Crippen LogP contribution is 2.31. The van der Waals surface area contributed by atoms with Crippen LogP contribution in [0, 0.1) is 0 Å². The molecular weight excluding hydrogens is 376 g/mol. The van der Waals surface area contributed by atoms with E-state index in [9.17, 15) is 4.79 Å². The molecule has 4 aromatic rings. The van der Waals surface area contributed by atoms with Crippen molar-refractivity contribution in [2.45, 2.75) is 19.9 Å². The Balaban J connectivity index is 1.69. The molecule has 0 saturated carbocycles. The van der Waals surface area contributed by atoms with Gasteiger partial charge in [0, 0.05) is 60.9 Å². The molecule has 0 bridgehead atoms. The van der Waals surface area contributed by atoms with Crippen molar-refractivity contribution in [2.75, 3.05) is 19.4 Å². The summed E-state index contributed by atoms with van der Waals surface area (Å²) in [4.78, 5) is 27.1. The number of carbonyl (C=O) groups excluding carboxylic acids is 1. The third kappa shape index (κ3) is 3.74. The summed E-state index contributed by atoms with van der Waals surface area (Å²) in [6, 6.07) is 11.5. The molecule has 7 nitrogen and oxygen atoms in total. The van der Waals surface area contributed by atoms with Gasteiger partial charge < -0.3 is 14.8 Å². The fourth-order valence-electron chi connectivity index (χ4n) is 3.42. The first-order valence-electron chi connectivity index (χ1n) is 9.81. The van der Waals surface area contributed by atoms with Gasteiger partial charge in [0.25, 0.3) is 5.91 Å². The van der Waals surface area contributed by atoms with Gasteiger partial charge in [-0.2, -0.15) is 0 Å². The molecule has 0 saturated heterocycles. The maximum Gasteiger partial charge on any atom is 0.253 e. The predicted octanol–water partition coefficient (Wildman–Crippen LogP) is 4.52. The van der Waals surface area contributed by atoms with E-state index in [0.717, 1.165) is 27.8 Å². The van der Waals surface area contributed by atoms with E-state index < -0.39 is 0 Å². The molecule has 0 aliphatic heterocycles. The van der Waals surface area contributed by atoms with Crippen LogP contribution in [-0.4, -0.2) is 44.4 Å². The lowest BCUT2D eigenvalue weighted by molar-refractivity contribution is 0.0827. The van der Waals surface area contributed by atoms with Crippen LogP contribution in [0.1, 0.15) is 30.2 Å². The molecule has 0 fully saturated rings. The van der Waals surface area contributed by atoms with Crippen LogP contribution in [0.2, 0.25) is 0 Å². The van der Waals surface area contributed by atoms with Gasteiger partial charge in [0.1, 0.15) is 0 Å². The smallest absolute Gasteiger partial charge is 0.253 e. The van der Waals surface area contributed by atoms with E-state index in [4.69, 9.17) is 4.98 Å². The first kappa shape index (κ1) is 19.6. The fourth-order valence-corrected chi connectivity index (χ4v) is 3.42. The molecule has 152 valence electrons. The molecule has 1 N–H and O–H groups in total. The molecule has 3 heterocycles. The topological polar surface area (TPSA) is 75.9 Å². The van der Waals surface area contributed by atoms with Crippen LogP contribution in [0.4, 0.5) is 11.6 Å². The normalized spacial score (nSPS) is 11.1. The third-order valence-electron chi connectivity index (χ3n) is 4.90. The zero-order valence-corrected chi connectivity index (χ0v) is 17.5. The van der Waals surface area contributed by atoms with Gasteiger partial charge in [-0.1, -0.05) is 6.07 Å². The van der Waals surface area contributed by atoms with Gasteiger partial charge >= 0.3 is 0 Å². The molecule has 0 unspecified atom stereocenters. The van der Waals surface area contributed by atoms with Gasteiger partial charge in [-0.15, -0.1) is 0 Å². The summed E-state index contributed by atoms with van der Waals surface area (Å²) in [5, 5.41) is 4.31. The van der Waals surface area contributed by atoms with E-state index in [0.29, 0.717) is 17.6 Å². The Morgan fingerprint density at radius 2 is 1.97 bits per heavy atom. The molecule has 7 heteroatoms. The van der Waals surface area contributed by atoms with E-state index >= 15 is 0 Å². The lowest BCUT2D eigenvalue weighted by atomic mass is 10.1. The summed E-state index contributed by atoms with van der Waals surface area (Å²) in [5.74, 6) is 0.421. The molecule has 0 atom stereocenters. The van der Waals surface area contributed by atoms with E-state index in [1.165, 1.54) is 0 Å². The maximum absolute atomic E-state index is 12.2. The number of hydrogen-bond donors (Lipinski definition) is 1. The second-order valence-electron chi connectivity index (χ2n) is 7.61. The van der Waals surface area contributed by atoms with Gasteiger partial charge in [-0.05, 0) is 44.2 Å². The molecule has 0 aliphatic carbocycles. The number of fused-ring (bicyclic) bond motifs is 1. The highest BCUT2D eigenvalue weighted by molar-refractivity contribution is 5.95. The van der Waals surface area contributed by atoms with Crippen molar-refractivity contribution in [1.82, 2.24) is 24.4 Å². The van der Waals surface area contributed by atoms with Crippen LogP contribution >= 0.6 is 0 Å². The van der Waals surface area contributed by atoms with Gasteiger partial charge in [0.2, 0.25) is 5.95 Å². The van der Waals surface area contributed by atoms with Crippen LogP contribution in [0.25, 0.3) is 22.2 Å². The minimum absolute atomic E-state index is 0.0524. The van der Waals surface area contributed by atoms with E-state index in [2.05, 4.69) is 39.9 Å². The van der Waals surface area contributed by atoms with Gasteiger partial charge in [-0.3, -0.25) is 9.78 Å². The summed E-state index contributed by atoms with van der Waals surface area (Å²) < 4.78 is 2.20. The van der Waals surface area contributed by atoms with Crippen LogP contribution < -0.4 is 5.32 Å². The van der Waals surface area contributed by atoms with Gasteiger partial charge in [0.15, 0.2) is 0 Å². The molecule has 4 rings (SSSR count). The monoisotopic (exact) mass is 400 g/mol. The number of pyridine rings is 1. The molecule has 1 amide bonds. The van der Waals surface area contributed by atoms with Crippen molar-refractivity contribution in [1.29, 1.82) is 0 Å². The number of anilines is 2. The molecule has 0 spiro atoms. The van der Waals surface area contributed by atoms with E-state index in [1.54, 1.807) is 43.5 Å². The number of rotatable bonds is 5. The fraction of sp³-hybridized carbons (Fsp3) is 0.217. The predicted molar refractivity (Wildman–Crippen MR) is 119 cm³/mol. The summed E-state index contributed by atoms with van der Waals surface area (Å²) in [5.41, 5.74) is 4.29. The van der Waals surface area contributed by atoms with Crippen LogP contribution in [0.15, 0.2) is 61.2 Å². The zero-order valence-electron chi connectivity index (χ0n) is 17.5. The van der Waals surface area contributed by atoms with Crippen molar-refractivity contribution in [3.05, 3.63) is 66.7 Å². The van der Waals surface area contributed by atoms with Gasteiger partial charge in [-0.25, -0.2) is 9.97 Å². The Labute approximate surface area is 175 Å². The number of nitrogens with one attached hydrogen (secondary N) is 1. The molecule has 3 aromatic heterocycles. The average Bonchev–Trinajstić information content (AvgIpc) is 3.13. The minimum atomic E-state index is -0.0524. The van der Waals surface area contributed by atoms with Gasteiger partial charge in [0.05, 0.1) is 17.4 Å². The number of carbonyl (C=O) groups is 1. The Morgan fingerprint density at radius 1 is 1.13 bits per heavy atom. The highest BCUT2D eigenvalue weighted by atomic mass is 16.2. The Morgan fingerprint density at radius 3 is 2.73 bits per heavy atom. The quantitative estimate of drug-likeness (QED) is 0.533. The second kappa shape index (κ2) is 7.94. The Bertz CT molecular complexity index is 1210. The molecule has 1 aromatic carbocycles. The number of hydrogen-bond acceptors (Lipinski definition) is 5. The standard InChI is InChI=1S/C23H24N6O/c1-15(2)29-14-19(18-8-10-24-13-21(18)29)20-9-11-25-23(27-20)26-17-7-5-6-16(12-17)22(30)28(3)4/h5-15H,1-4H3,(H,25,26,27). The SMILES string of the molecule is CC(C)n1cc(-c2ccnc(Nc3cccc(C(=O)N(C)C)c3)n2)c2ccncc21. The van der Waals surface area contributed by atoms with Crippen molar-refractivity contribution >= 4 is 28.4 Å². The minimum Gasteiger partial charge on any atom is -0.345 e. The average molecular weight is 400 g/mol. The molecular formula is C23H24N6O. The first-order chi connectivity index (χ1) is 14.4. The third-order valence-corrected chi connectivity index (χ3v) is 4.90. The largest absolute Gasteiger partial charge is 0.345 e. The summed E-state index contributed by atoms with van der Waals surface area (Å²) in [6.45, 7) is 4.29. The van der Waals surface area contributed by atoms with E-state index in [-0.39, 0.29) is 5.91 Å². The molecule has 30 heavy (non-hydrogen) atoms. The number of aromatic nitrogens is 4. The second-order valence-corrected chi connectivity index (χ2v) is 7.61. The summed E-state index contributed by atoms with van der Waals surface area (Å²) in [6.07, 6.45) is 7.52. The summed E-state index contributed by atoms with van der Waals surface area (Å²) in [7, 11) is 3.47. The van der Waals surface area contributed by atoms with E-state index in [1.807, 2.05) is 30.5 Å². The first-order valence-corrected chi connectivity index (χ1v) is 9.81. The number of benzene rings is 1. The van der Waals surface area contributed by atoms with Crippen molar-refractivity contribution in [3.63, 3.8) is 0 Å². The zero-order chi connectivity index (χ0) is 21.3. The van der Waals surface area contributed by atoms with Crippen LogP contribution in [-0.2, 0) is 0 Å². The Kier molecular flexibility index (Phi) is 5.18. The highest BCUT2D eigenvalue weighted by Gasteiger charge is 2.14. The lowest BCUT2D eigenvalue weighted by Crippen LogP contribution is -2.21. The van der Waals surface area contributed by atoms with Crippen LogP contribution in [0.3, 0.4) is 0 Å². The lowest BCUT2D eigenvalue weighted by Gasteiger charge is -2.12. The number of nitrogens with zero attached hydrogens (tertiary/aromatic N) is 5. The molecule has 0 radical (unpaired) electrons. The Hall–Kier alpha value is -3.74. The van der Waals surface area contributed by atoms with Crippen molar-refractivity contribution < 1.29 is 4.79 Å². The molecule has 0 aliphatic rings. The van der Waals surface area contributed by atoms with Crippen LogP contribution in [0.5, 0.6) is 0 Å². The maximum atomic E-state index is 12.2. The number of amides is 1. The summed E-state index contributed by atoms with van der Waals surface area (Å²) >= 11 is 0.